The van der Waals surface area contributed by atoms with Gasteiger partial charge in [-0.2, -0.15) is 0 Å². The van der Waals surface area contributed by atoms with E-state index in [0.29, 0.717) is 6.04 Å². The Morgan fingerprint density at radius 3 is 2.33 bits per heavy atom. The smallest absolute Gasteiger partial charge is 0.126 e. The van der Waals surface area contributed by atoms with Crippen LogP contribution in [0.3, 0.4) is 0 Å². The number of benzene rings is 2. The molecule has 21 heavy (non-hydrogen) atoms. The van der Waals surface area contributed by atoms with Gasteiger partial charge in [0.1, 0.15) is 11.9 Å². The van der Waals surface area contributed by atoms with E-state index < -0.39 is 0 Å². The van der Waals surface area contributed by atoms with Gasteiger partial charge in [0.05, 0.1) is 0 Å². The molecule has 3 rings (SSSR count). The number of hydrogen-bond acceptors (Lipinski definition) is 2. The molecule has 0 saturated heterocycles. The van der Waals surface area contributed by atoms with Crippen molar-refractivity contribution in [3.63, 3.8) is 0 Å². The van der Waals surface area contributed by atoms with Gasteiger partial charge >= 0.3 is 0 Å². The summed E-state index contributed by atoms with van der Waals surface area (Å²) in [6.07, 6.45) is 1.09. The van der Waals surface area contributed by atoms with Gasteiger partial charge in [0, 0.05) is 18.0 Å². The van der Waals surface area contributed by atoms with E-state index in [0.717, 1.165) is 12.2 Å². The summed E-state index contributed by atoms with van der Waals surface area (Å²) in [6.45, 7) is 6.43. The van der Waals surface area contributed by atoms with Crippen LogP contribution in [0.25, 0.3) is 0 Å². The Balaban J connectivity index is 2.00. The molecule has 2 atom stereocenters. The van der Waals surface area contributed by atoms with E-state index >= 15 is 0 Å². The number of rotatable bonds is 2. The zero-order chi connectivity index (χ0) is 15.0. The first kappa shape index (κ1) is 14.2. The van der Waals surface area contributed by atoms with Crippen molar-refractivity contribution in [3.05, 3.63) is 64.2 Å². The molecular formula is C19H23NO. The second kappa shape index (κ2) is 5.53. The highest BCUT2D eigenvalue weighted by Crippen LogP contribution is 2.41. The molecule has 2 heteroatoms. The predicted molar refractivity (Wildman–Crippen MR) is 86.9 cm³/mol. The second-order valence-corrected chi connectivity index (χ2v) is 6.08. The van der Waals surface area contributed by atoms with E-state index in [-0.39, 0.29) is 6.10 Å². The maximum Gasteiger partial charge on any atom is 0.126 e. The van der Waals surface area contributed by atoms with Crippen LogP contribution in [0.1, 0.15) is 46.4 Å². The lowest BCUT2D eigenvalue weighted by Gasteiger charge is -2.33. The monoisotopic (exact) mass is 281 g/mol. The van der Waals surface area contributed by atoms with Gasteiger partial charge in [-0.1, -0.05) is 41.5 Å². The molecule has 2 nitrogen and oxygen atoms in total. The average molecular weight is 281 g/mol. The normalized spacial score (nSPS) is 20.8. The van der Waals surface area contributed by atoms with Crippen molar-refractivity contribution < 1.29 is 4.74 Å². The lowest BCUT2D eigenvalue weighted by Crippen LogP contribution is -2.27. The zero-order valence-corrected chi connectivity index (χ0v) is 13.2. The van der Waals surface area contributed by atoms with Gasteiger partial charge in [0.25, 0.3) is 0 Å². The molecule has 0 saturated carbocycles. The van der Waals surface area contributed by atoms with Crippen LogP contribution < -0.4 is 10.1 Å². The van der Waals surface area contributed by atoms with Gasteiger partial charge in [0.15, 0.2) is 0 Å². The summed E-state index contributed by atoms with van der Waals surface area (Å²) >= 11 is 0. The highest BCUT2D eigenvalue weighted by molar-refractivity contribution is 5.43. The van der Waals surface area contributed by atoms with Crippen LogP contribution in [0.15, 0.2) is 36.4 Å². The largest absolute Gasteiger partial charge is 0.485 e. The minimum Gasteiger partial charge on any atom is -0.485 e. The lowest BCUT2D eigenvalue weighted by molar-refractivity contribution is 0.153. The van der Waals surface area contributed by atoms with Gasteiger partial charge in [-0.15, -0.1) is 0 Å². The molecule has 1 N–H and O–H groups in total. The molecule has 0 bridgehead atoms. The van der Waals surface area contributed by atoms with E-state index in [9.17, 15) is 0 Å². The van der Waals surface area contributed by atoms with Gasteiger partial charge in [-0.3, -0.25) is 0 Å². The molecule has 0 amide bonds. The Labute approximate surface area is 127 Å². The van der Waals surface area contributed by atoms with E-state index in [1.54, 1.807) is 0 Å². The van der Waals surface area contributed by atoms with Crippen molar-refractivity contribution in [3.8, 4) is 5.75 Å². The van der Waals surface area contributed by atoms with E-state index in [2.05, 4.69) is 62.5 Å². The van der Waals surface area contributed by atoms with Crippen LogP contribution in [0.5, 0.6) is 5.75 Å². The van der Waals surface area contributed by atoms with Crippen LogP contribution in [0.2, 0.25) is 0 Å². The summed E-state index contributed by atoms with van der Waals surface area (Å²) in [5.74, 6) is 1.01. The standard InChI is InChI=1S/C19H23NO/c1-12-5-7-14(3)15(9-12)19-11-17(20-4)16-10-13(2)6-8-18(16)21-19/h5-10,17,19-20H,11H2,1-4H3. The molecule has 0 fully saturated rings. The van der Waals surface area contributed by atoms with Gasteiger partial charge < -0.3 is 10.1 Å². The Morgan fingerprint density at radius 1 is 0.952 bits per heavy atom. The second-order valence-electron chi connectivity index (χ2n) is 6.08. The molecular weight excluding hydrogens is 258 g/mol. The molecule has 2 unspecified atom stereocenters. The summed E-state index contributed by atoms with van der Waals surface area (Å²) in [5, 5.41) is 3.44. The first-order chi connectivity index (χ1) is 10.1. The van der Waals surface area contributed by atoms with Crippen molar-refractivity contribution in [2.75, 3.05) is 7.05 Å². The number of ether oxygens (including phenoxy) is 1. The van der Waals surface area contributed by atoms with E-state index in [4.69, 9.17) is 4.74 Å². The van der Waals surface area contributed by atoms with Crippen molar-refractivity contribution in [2.45, 2.75) is 39.3 Å². The molecule has 1 heterocycles. The Kier molecular flexibility index (Phi) is 3.73. The van der Waals surface area contributed by atoms with Crippen molar-refractivity contribution >= 4 is 0 Å². The first-order valence-electron chi connectivity index (χ1n) is 7.60. The maximum absolute atomic E-state index is 6.30. The third kappa shape index (κ3) is 2.68. The first-order valence-corrected chi connectivity index (χ1v) is 7.60. The van der Waals surface area contributed by atoms with Crippen molar-refractivity contribution in [2.24, 2.45) is 0 Å². The third-order valence-electron chi connectivity index (χ3n) is 4.39. The van der Waals surface area contributed by atoms with Gasteiger partial charge in [0.2, 0.25) is 0 Å². The molecule has 1 aliphatic rings. The van der Waals surface area contributed by atoms with Gasteiger partial charge in [-0.25, -0.2) is 0 Å². The van der Waals surface area contributed by atoms with Crippen LogP contribution in [-0.4, -0.2) is 7.05 Å². The topological polar surface area (TPSA) is 21.3 Å². The molecule has 2 aromatic rings. The van der Waals surface area contributed by atoms with E-state index in [1.165, 1.54) is 27.8 Å². The van der Waals surface area contributed by atoms with Crippen LogP contribution in [-0.2, 0) is 0 Å². The number of aryl methyl sites for hydroxylation is 3. The number of nitrogens with one attached hydrogen (secondary N) is 1. The summed E-state index contributed by atoms with van der Waals surface area (Å²) in [4.78, 5) is 0. The highest BCUT2D eigenvalue weighted by atomic mass is 16.5. The molecule has 0 radical (unpaired) electrons. The Morgan fingerprint density at radius 2 is 1.62 bits per heavy atom. The van der Waals surface area contributed by atoms with Crippen molar-refractivity contribution in [1.82, 2.24) is 5.32 Å². The molecule has 0 aliphatic carbocycles. The minimum absolute atomic E-state index is 0.123. The fourth-order valence-electron chi connectivity index (χ4n) is 3.16. The summed E-state index contributed by atoms with van der Waals surface area (Å²) in [5.41, 5.74) is 6.45. The molecule has 1 aliphatic heterocycles. The Bertz CT molecular complexity index is 663. The fourth-order valence-corrected chi connectivity index (χ4v) is 3.16. The molecule has 2 aromatic carbocycles. The van der Waals surface area contributed by atoms with Gasteiger partial charge in [-0.05, 0) is 45.0 Å². The lowest BCUT2D eigenvalue weighted by atomic mass is 9.90. The van der Waals surface area contributed by atoms with Crippen LogP contribution in [0.4, 0.5) is 0 Å². The maximum atomic E-state index is 6.30. The SMILES string of the molecule is CNC1CC(c2cc(C)ccc2C)Oc2ccc(C)cc21. The van der Waals surface area contributed by atoms with Crippen molar-refractivity contribution in [1.29, 1.82) is 0 Å². The summed E-state index contributed by atoms with van der Waals surface area (Å²) in [6, 6.07) is 13.4. The summed E-state index contributed by atoms with van der Waals surface area (Å²) in [7, 11) is 2.03. The molecule has 0 spiro atoms. The number of fused-ring (bicyclic) bond motifs is 1. The fraction of sp³-hybridized carbons (Fsp3) is 0.368. The highest BCUT2D eigenvalue weighted by Gasteiger charge is 2.29. The van der Waals surface area contributed by atoms with Crippen LogP contribution >= 0.6 is 0 Å². The molecule has 110 valence electrons. The minimum atomic E-state index is 0.123. The predicted octanol–water partition coefficient (Wildman–Crippen LogP) is 4.40. The molecule has 0 aromatic heterocycles. The Hall–Kier alpha value is -1.80. The average Bonchev–Trinajstić information content (AvgIpc) is 2.48. The quantitative estimate of drug-likeness (QED) is 0.881. The van der Waals surface area contributed by atoms with E-state index in [1.807, 2.05) is 7.05 Å². The third-order valence-corrected chi connectivity index (χ3v) is 4.39. The zero-order valence-electron chi connectivity index (χ0n) is 13.2. The number of hydrogen-bond donors (Lipinski definition) is 1. The van der Waals surface area contributed by atoms with Crippen LogP contribution in [0, 0.1) is 20.8 Å². The summed E-state index contributed by atoms with van der Waals surface area (Å²) < 4.78 is 6.30.